The maximum absolute atomic E-state index is 12.4. The Morgan fingerprint density at radius 3 is 2.85 bits per heavy atom. The molecule has 108 valence electrons. The second-order valence-corrected chi connectivity index (χ2v) is 5.71. The van der Waals surface area contributed by atoms with E-state index in [1.54, 1.807) is 23.2 Å². The number of aromatic nitrogens is 1. The second-order valence-electron chi connectivity index (χ2n) is 5.27. The van der Waals surface area contributed by atoms with Crippen molar-refractivity contribution in [2.45, 2.75) is 18.9 Å². The molecule has 1 aliphatic rings. The standard InChI is InChI=1S/C14H20N4OS/c1-17-7-3-4-11(9-17)18(2)14(19)12-6-5-10(8-16-12)13(15)20/h5-6,8,11H,3-4,7,9H2,1-2H3,(H2,15,20). The third-order valence-electron chi connectivity index (χ3n) is 3.73. The van der Waals surface area contributed by atoms with Crippen molar-refractivity contribution >= 4 is 23.1 Å². The van der Waals surface area contributed by atoms with Gasteiger partial charge in [-0.15, -0.1) is 0 Å². The number of rotatable bonds is 3. The summed E-state index contributed by atoms with van der Waals surface area (Å²) in [7, 11) is 3.93. The highest BCUT2D eigenvalue weighted by Gasteiger charge is 2.25. The Kier molecular flexibility index (Phi) is 4.67. The summed E-state index contributed by atoms with van der Waals surface area (Å²) in [5.41, 5.74) is 6.63. The van der Waals surface area contributed by atoms with Gasteiger partial charge >= 0.3 is 0 Å². The molecule has 0 aromatic carbocycles. The molecule has 1 aliphatic heterocycles. The van der Waals surface area contributed by atoms with E-state index in [0.29, 0.717) is 16.2 Å². The maximum atomic E-state index is 12.4. The van der Waals surface area contributed by atoms with Crippen molar-refractivity contribution in [3.05, 3.63) is 29.6 Å². The molecule has 0 aliphatic carbocycles. The van der Waals surface area contributed by atoms with E-state index >= 15 is 0 Å². The molecular weight excluding hydrogens is 272 g/mol. The molecule has 0 radical (unpaired) electrons. The number of amides is 1. The maximum Gasteiger partial charge on any atom is 0.272 e. The number of thiocarbonyl (C=S) groups is 1. The van der Waals surface area contributed by atoms with Crippen LogP contribution < -0.4 is 5.73 Å². The van der Waals surface area contributed by atoms with Gasteiger partial charge < -0.3 is 15.5 Å². The number of carbonyl (C=O) groups is 1. The predicted octanol–water partition coefficient (Wildman–Crippen LogP) is 0.882. The average molecular weight is 292 g/mol. The lowest BCUT2D eigenvalue weighted by molar-refractivity contribution is 0.0638. The van der Waals surface area contributed by atoms with Crippen LogP contribution >= 0.6 is 12.2 Å². The van der Waals surface area contributed by atoms with E-state index in [4.69, 9.17) is 18.0 Å². The number of carbonyl (C=O) groups excluding carboxylic acids is 1. The number of nitrogens with zero attached hydrogens (tertiary/aromatic N) is 3. The summed E-state index contributed by atoms with van der Waals surface area (Å²) in [6, 6.07) is 3.67. The van der Waals surface area contributed by atoms with Crippen molar-refractivity contribution in [2.24, 2.45) is 5.73 Å². The predicted molar refractivity (Wildman–Crippen MR) is 82.7 cm³/mol. The summed E-state index contributed by atoms with van der Waals surface area (Å²) < 4.78 is 0. The van der Waals surface area contributed by atoms with Crippen LogP contribution in [0.25, 0.3) is 0 Å². The van der Waals surface area contributed by atoms with Gasteiger partial charge in [-0.25, -0.2) is 0 Å². The molecule has 5 nitrogen and oxygen atoms in total. The average Bonchev–Trinajstić information content (AvgIpc) is 2.46. The zero-order chi connectivity index (χ0) is 14.7. The largest absolute Gasteiger partial charge is 0.389 e. The highest BCUT2D eigenvalue weighted by atomic mass is 32.1. The Bertz CT molecular complexity index is 502. The molecule has 1 fully saturated rings. The molecule has 2 N–H and O–H groups in total. The number of piperidine rings is 1. The summed E-state index contributed by atoms with van der Waals surface area (Å²) in [4.78, 5) is 20.9. The van der Waals surface area contributed by atoms with E-state index in [9.17, 15) is 4.79 Å². The number of nitrogens with two attached hydrogens (primary N) is 1. The van der Waals surface area contributed by atoms with E-state index < -0.39 is 0 Å². The van der Waals surface area contributed by atoms with Crippen molar-refractivity contribution < 1.29 is 4.79 Å². The van der Waals surface area contributed by atoms with Gasteiger partial charge in [0.2, 0.25) is 0 Å². The molecule has 1 atom stereocenters. The van der Waals surface area contributed by atoms with Crippen molar-refractivity contribution in [3.8, 4) is 0 Å². The normalized spacial score (nSPS) is 19.6. The first-order valence-electron chi connectivity index (χ1n) is 6.70. The topological polar surface area (TPSA) is 62.5 Å². The van der Waals surface area contributed by atoms with Crippen LogP contribution in [0, 0.1) is 0 Å². The zero-order valence-corrected chi connectivity index (χ0v) is 12.7. The van der Waals surface area contributed by atoms with Gasteiger partial charge in [-0.05, 0) is 38.6 Å². The van der Waals surface area contributed by atoms with Gasteiger partial charge in [0.15, 0.2) is 0 Å². The third kappa shape index (κ3) is 3.32. The fraction of sp³-hybridized carbons (Fsp3) is 0.500. The van der Waals surface area contributed by atoms with Crippen molar-refractivity contribution in [1.29, 1.82) is 0 Å². The first-order chi connectivity index (χ1) is 9.49. The molecule has 0 bridgehead atoms. The number of likely N-dealkylation sites (tertiary alicyclic amines) is 1. The second kappa shape index (κ2) is 6.28. The number of likely N-dealkylation sites (N-methyl/N-ethyl adjacent to an activating group) is 2. The fourth-order valence-corrected chi connectivity index (χ4v) is 2.59. The van der Waals surface area contributed by atoms with Gasteiger partial charge in [0.1, 0.15) is 10.7 Å². The Labute approximate surface area is 124 Å². The van der Waals surface area contributed by atoms with Gasteiger partial charge in [0.25, 0.3) is 5.91 Å². The molecule has 1 aromatic heterocycles. The van der Waals surface area contributed by atoms with E-state index in [0.717, 1.165) is 25.9 Å². The van der Waals surface area contributed by atoms with Gasteiger partial charge in [0.05, 0.1) is 0 Å². The molecule has 2 heterocycles. The summed E-state index contributed by atoms with van der Waals surface area (Å²) in [5.74, 6) is -0.0558. The smallest absolute Gasteiger partial charge is 0.272 e. The molecule has 6 heteroatoms. The van der Waals surface area contributed by atoms with Crippen LogP contribution in [0.4, 0.5) is 0 Å². The quantitative estimate of drug-likeness (QED) is 0.838. The molecule has 0 spiro atoms. The lowest BCUT2D eigenvalue weighted by atomic mass is 10.0. The van der Waals surface area contributed by atoms with Gasteiger partial charge in [-0.3, -0.25) is 9.78 Å². The van der Waals surface area contributed by atoms with Crippen molar-refractivity contribution in [3.63, 3.8) is 0 Å². The summed E-state index contributed by atoms with van der Waals surface area (Å²) >= 11 is 4.87. The summed E-state index contributed by atoms with van der Waals surface area (Å²) in [6.45, 7) is 2.01. The van der Waals surface area contributed by atoms with Gasteiger partial charge in [0, 0.05) is 31.4 Å². The molecule has 20 heavy (non-hydrogen) atoms. The first-order valence-corrected chi connectivity index (χ1v) is 7.11. The van der Waals surface area contributed by atoms with Crippen LogP contribution in [0.5, 0.6) is 0 Å². The number of hydrogen-bond donors (Lipinski definition) is 1. The fourth-order valence-electron chi connectivity index (χ4n) is 2.47. The van der Waals surface area contributed by atoms with Crippen LogP contribution in [0.15, 0.2) is 18.3 Å². The SMILES string of the molecule is CN1CCCC(N(C)C(=O)c2ccc(C(N)=S)cn2)C1. The highest BCUT2D eigenvalue weighted by molar-refractivity contribution is 7.80. The van der Waals surface area contributed by atoms with E-state index in [1.165, 1.54) is 0 Å². The van der Waals surface area contributed by atoms with Crippen molar-refractivity contribution in [1.82, 2.24) is 14.8 Å². The Morgan fingerprint density at radius 2 is 2.30 bits per heavy atom. The highest BCUT2D eigenvalue weighted by Crippen LogP contribution is 2.15. The first kappa shape index (κ1) is 14.9. The van der Waals surface area contributed by atoms with Crippen LogP contribution in [0.1, 0.15) is 28.9 Å². The molecule has 1 aromatic rings. The minimum Gasteiger partial charge on any atom is -0.389 e. The molecule has 1 saturated heterocycles. The van der Waals surface area contributed by atoms with Crippen LogP contribution in [0.3, 0.4) is 0 Å². The zero-order valence-electron chi connectivity index (χ0n) is 11.9. The molecule has 1 unspecified atom stereocenters. The molecule has 1 amide bonds. The van der Waals surface area contributed by atoms with Crippen LogP contribution in [0.2, 0.25) is 0 Å². The van der Waals surface area contributed by atoms with E-state index in [2.05, 4.69) is 16.9 Å². The number of pyridine rings is 1. The van der Waals surface area contributed by atoms with Crippen molar-refractivity contribution in [2.75, 3.05) is 27.2 Å². The van der Waals surface area contributed by atoms with Crippen LogP contribution in [-0.4, -0.2) is 58.9 Å². The third-order valence-corrected chi connectivity index (χ3v) is 3.97. The van der Waals surface area contributed by atoms with Crippen LogP contribution in [-0.2, 0) is 0 Å². The minimum atomic E-state index is -0.0558. The van der Waals surface area contributed by atoms with Gasteiger partial charge in [-0.2, -0.15) is 0 Å². The minimum absolute atomic E-state index is 0.0558. The Balaban J connectivity index is 2.07. The monoisotopic (exact) mass is 292 g/mol. The van der Waals surface area contributed by atoms with E-state index in [-0.39, 0.29) is 11.9 Å². The molecule has 0 saturated carbocycles. The lowest BCUT2D eigenvalue weighted by Crippen LogP contribution is -2.47. The Morgan fingerprint density at radius 1 is 1.55 bits per heavy atom. The van der Waals surface area contributed by atoms with E-state index in [1.807, 2.05) is 7.05 Å². The number of hydrogen-bond acceptors (Lipinski definition) is 4. The molecule has 2 rings (SSSR count). The molecular formula is C14H20N4OS. The van der Waals surface area contributed by atoms with Gasteiger partial charge in [-0.1, -0.05) is 12.2 Å². The lowest BCUT2D eigenvalue weighted by Gasteiger charge is -2.35. The summed E-state index contributed by atoms with van der Waals surface area (Å²) in [6.07, 6.45) is 3.71. The Hall–Kier alpha value is -1.53. The summed E-state index contributed by atoms with van der Waals surface area (Å²) in [5, 5.41) is 0.